The fourth-order valence-corrected chi connectivity index (χ4v) is 3.07. The molecule has 0 saturated carbocycles. The molecule has 0 fully saturated rings. The first-order chi connectivity index (χ1) is 15.6. The topological polar surface area (TPSA) is 123 Å². The van der Waals surface area contributed by atoms with Gasteiger partial charge in [-0.15, -0.1) is 0 Å². The molecule has 0 bridgehead atoms. The molecule has 0 spiro atoms. The SMILES string of the molecule is Cc1ccc(CC(NC(=O)OC(C)c2cccc(C=C(C#N)C(=O)N(C)C)c2)B(O)O)cc1. The second kappa shape index (κ2) is 11.9. The summed E-state index contributed by atoms with van der Waals surface area (Å²) >= 11 is 0. The Kier molecular flexibility index (Phi) is 9.22. The van der Waals surface area contributed by atoms with Crippen molar-refractivity contribution in [2.75, 3.05) is 14.1 Å². The van der Waals surface area contributed by atoms with Crippen molar-refractivity contribution < 1.29 is 24.4 Å². The van der Waals surface area contributed by atoms with Crippen LogP contribution in [0.3, 0.4) is 0 Å². The van der Waals surface area contributed by atoms with Gasteiger partial charge in [-0.25, -0.2) is 4.79 Å². The number of alkyl carbamates (subject to hydrolysis) is 1. The summed E-state index contributed by atoms with van der Waals surface area (Å²) in [7, 11) is 1.36. The molecule has 2 aromatic rings. The zero-order valence-corrected chi connectivity index (χ0v) is 19.1. The van der Waals surface area contributed by atoms with Gasteiger partial charge in [-0.3, -0.25) is 4.79 Å². The Morgan fingerprint density at radius 2 is 1.88 bits per heavy atom. The molecule has 2 unspecified atom stereocenters. The number of nitrogens with zero attached hydrogens (tertiary/aromatic N) is 2. The Balaban J connectivity index is 2.07. The molecule has 33 heavy (non-hydrogen) atoms. The van der Waals surface area contributed by atoms with Crippen molar-refractivity contribution in [2.45, 2.75) is 32.3 Å². The molecule has 0 aliphatic rings. The Labute approximate surface area is 194 Å². The number of amides is 2. The van der Waals surface area contributed by atoms with Crippen LogP contribution in [0.15, 0.2) is 54.1 Å². The molecule has 3 N–H and O–H groups in total. The van der Waals surface area contributed by atoms with E-state index in [0.29, 0.717) is 11.1 Å². The number of rotatable bonds is 8. The van der Waals surface area contributed by atoms with E-state index in [9.17, 15) is 24.9 Å². The summed E-state index contributed by atoms with van der Waals surface area (Å²) in [5.74, 6) is -1.36. The van der Waals surface area contributed by atoms with Crippen molar-refractivity contribution in [3.05, 3.63) is 76.4 Å². The van der Waals surface area contributed by atoms with Crippen molar-refractivity contribution >= 4 is 25.2 Å². The molecule has 0 aliphatic heterocycles. The van der Waals surface area contributed by atoms with Crippen molar-refractivity contribution in [1.29, 1.82) is 5.26 Å². The van der Waals surface area contributed by atoms with Gasteiger partial charge >= 0.3 is 13.2 Å². The summed E-state index contributed by atoms with van der Waals surface area (Å²) in [5.41, 5.74) is 3.16. The lowest BCUT2D eigenvalue weighted by Crippen LogP contribution is -2.48. The van der Waals surface area contributed by atoms with Gasteiger partial charge in [0.05, 0.1) is 5.94 Å². The molecule has 9 heteroatoms. The Morgan fingerprint density at radius 3 is 2.45 bits per heavy atom. The lowest BCUT2D eigenvalue weighted by atomic mass is 9.76. The van der Waals surface area contributed by atoms with E-state index in [-0.39, 0.29) is 12.0 Å². The maximum atomic E-state index is 12.4. The molecule has 2 aromatic carbocycles. The number of ether oxygens (including phenoxy) is 1. The first kappa shape index (κ1) is 25.7. The second-order valence-electron chi connectivity index (χ2n) is 7.94. The number of carbonyl (C=O) groups is 2. The van der Waals surface area contributed by atoms with E-state index < -0.39 is 31.2 Å². The van der Waals surface area contributed by atoms with Gasteiger partial charge in [0, 0.05) is 14.1 Å². The minimum atomic E-state index is -1.76. The number of likely N-dealkylation sites (N-methyl/N-ethyl adjacent to an activating group) is 1. The first-order valence-electron chi connectivity index (χ1n) is 10.4. The molecule has 0 aromatic heterocycles. The number of aryl methyl sites for hydroxylation is 1. The van der Waals surface area contributed by atoms with E-state index in [0.717, 1.165) is 11.1 Å². The predicted octanol–water partition coefficient (Wildman–Crippen LogP) is 2.40. The van der Waals surface area contributed by atoms with E-state index in [2.05, 4.69) is 5.32 Å². The Morgan fingerprint density at radius 1 is 1.21 bits per heavy atom. The van der Waals surface area contributed by atoms with Crippen LogP contribution in [-0.4, -0.2) is 54.1 Å². The highest BCUT2D eigenvalue weighted by Gasteiger charge is 2.27. The van der Waals surface area contributed by atoms with Crippen LogP contribution in [0.5, 0.6) is 0 Å². The second-order valence-corrected chi connectivity index (χ2v) is 7.94. The van der Waals surface area contributed by atoms with Crippen LogP contribution in [-0.2, 0) is 16.0 Å². The average molecular weight is 449 g/mol. The van der Waals surface area contributed by atoms with Crippen molar-refractivity contribution in [3.8, 4) is 6.07 Å². The van der Waals surface area contributed by atoms with Crippen molar-refractivity contribution in [2.24, 2.45) is 0 Å². The summed E-state index contributed by atoms with van der Waals surface area (Å²) in [6, 6.07) is 16.3. The van der Waals surface area contributed by atoms with E-state index in [1.54, 1.807) is 45.3 Å². The molecule has 0 saturated heterocycles. The third kappa shape index (κ3) is 7.79. The molecule has 2 rings (SSSR count). The molecular weight excluding hydrogens is 421 g/mol. The summed E-state index contributed by atoms with van der Waals surface area (Å²) in [6.45, 7) is 3.62. The van der Waals surface area contributed by atoms with Crippen LogP contribution >= 0.6 is 0 Å². The van der Waals surface area contributed by atoms with Crippen LogP contribution < -0.4 is 5.32 Å². The van der Waals surface area contributed by atoms with Crippen LogP contribution in [0.25, 0.3) is 6.08 Å². The number of hydrogen-bond donors (Lipinski definition) is 3. The third-order valence-electron chi connectivity index (χ3n) is 4.97. The van der Waals surface area contributed by atoms with Gasteiger partial charge in [-0.2, -0.15) is 5.26 Å². The lowest BCUT2D eigenvalue weighted by Gasteiger charge is -2.20. The van der Waals surface area contributed by atoms with Gasteiger partial charge in [0.2, 0.25) is 0 Å². The molecule has 2 amide bonds. The average Bonchev–Trinajstić information content (AvgIpc) is 2.77. The highest BCUT2D eigenvalue weighted by Crippen LogP contribution is 2.20. The van der Waals surface area contributed by atoms with Crippen LogP contribution in [0.1, 0.15) is 35.3 Å². The van der Waals surface area contributed by atoms with Crippen molar-refractivity contribution in [3.63, 3.8) is 0 Å². The standard InChI is InChI=1S/C24H28BN3O5/c1-16-8-10-18(11-9-16)14-22(25(31)32)27-24(30)33-17(2)20-7-5-6-19(12-20)13-21(15-26)23(29)28(3)4/h5-13,17,22,31-32H,14H2,1-4H3,(H,27,30). The molecule has 0 aliphatic carbocycles. The van der Waals surface area contributed by atoms with Gasteiger partial charge < -0.3 is 25.0 Å². The molecule has 2 atom stereocenters. The highest BCUT2D eigenvalue weighted by molar-refractivity contribution is 6.43. The minimum Gasteiger partial charge on any atom is -0.442 e. The number of carbonyl (C=O) groups excluding carboxylic acids is 2. The van der Waals surface area contributed by atoms with Gasteiger partial charge in [0.1, 0.15) is 17.7 Å². The normalized spacial score (nSPS) is 12.8. The minimum absolute atomic E-state index is 0.0145. The Hall–Kier alpha value is -3.61. The van der Waals surface area contributed by atoms with Gasteiger partial charge in [0.15, 0.2) is 0 Å². The van der Waals surface area contributed by atoms with Crippen LogP contribution in [0.2, 0.25) is 0 Å². The highest BCUT2D eigenvalue weighted by atomic mass is 16.6. The maximum Gasteiger partial charge on any atom is 0.475 e. The maximum absolute atomic E-state index is 12.4. The largest absolute Gasteiger partial charge is 0.475 e. The van der Waals surface area contributed by atoms with Crippen LogP contribution in [0, 0.1) is 18.3 Å². The fourth-order valence-electron chi connectivity index (χ4n) is 3.07. The molecule has 0 heterocycles. The van der Waals surface area contributed by atoms with Crippen molar-refractivity contribution in [1.82, 2.24) is 10.2 Å². The van der Waals surface area contributed by atoms with E-state index >= 15 is 0 Å². The van der Waals surface area contributed by atoms with E-state index in [1.807, 2.05) is 37.3 Å². The summed E-state index contributed by atoms with van der Waals surface area (Å²) < 4.78 is 5.41. The third-order valence-corrected chi connectivity index (χ3v) is 4.97. The van der Waals surface area contributed by atoms with E-state index in [4.69, 9.17) is 4.74 Å². The first-order valence-corrected chi connectivity index (χ1v) is 10.4. The molecule has 0 radical (unpaired) electrons. The molecule has 172 valence electrons. The number of nitriles is 1. The summed E-state index contributed by atoms with van der Waals surface area (Å²) in [6.07, 6.45) is 0.232. The number of nitrogens with one attached hydrogen (secondary N) is 1. The zero-order valence-electron chi connectivity index (χ0n) is 19.1. The summed E-state index contributed by atoms with van der Waals surface area (Å²) in [4.78, 5) is 25.8. The smallest absolute Gasteiger partial charge is 0.442 e. The zero-order chi connectivity index (χ0) is 24.5. The molecule has 8 nitrogen and oxygen atoms in total. The monoisotopic (exact) mass is 449 g/mol. The number of benzene rings is 2. The van der Waals surface area contributed by atoms with Gasteiger partial charge in [-0.1, -0.05) is 48.0 Å². The van der Waals surface area contributed by atoms with Crippen LogP contribution in [0.4, 0.5) is 4.79 Å². The van der Waals surface area contributed by atoms with Gasteiger partial charge in [-0.05, 0) is 49.1 Å². The number of hydrogen-bond acceptors (Lipinski definition) is 6. The quantitative estimate of drug-likeness (QED) is 0.323. The Bertz CT molecular complexity index is 1040. The van der Waals surface area contributed by atoms with Gasteiger partial charge in [0.25, 0.3) is 5.91 Å². The predicted molar refractivity (Wildman–Crippen MR) is 126 cm³/mol. The molecular formula is C24H28BN3O5. The van der Waals surface area contributed by atoms with E-state index in [1.165, 1.54) is 11.0 Å². The summed E-state index contributed by atoms with van der Waals surface area (Å²) in [5, 5.41) is 31.1. The fraction of sp³-hybridized carbons (Fsp3) is 0.292. The lowest BCUT2D eigenvalue weighted by molar-refractivity contribution is -0.124.